The van der Waals surface area contributed by atoms with E-state index in [2.05, 4.69) is 0 Å². The number of hydrogen-bond donors (Lipinski definition) is 0. The van der Waals surface area contributed by atoms with E-state index in [0.29, 0.717) is 32.4 Å². The summed E-state index contributed by atoms with van der Waals surface area (Å²) in [4.78, 5) is 25.0. The van der Waals surface area contributed by atoms with Crippen LogP contribution < -0.4 is 0 Å². The number of nitrogens with zero attached hydrogens (tertiary/aromatic N) is 1. The van der Waals surface area contributed by atoms with Gasteiger partial charge in [0.1, 0.15) is 11.4 Å². The van der Waals surface area contributed by atoms with Gasteiger partial charge in [-0.3, -0.25) is 9.59 Å². The van der Waals surface area contributed by atoms with Gasteiger partial charge in [-0.05, 0) is 17.7 Å². The monoisotopic (exact) mass is 291 g/mol. The molecule has 0 radical (unpaired) electrons. The van der Waals surface area contributed by atoms with Crippen LogP contribution in [0.5, 0.6) is 0 Å². The van der Waals surface area contributed by atoms with Crippen LogP contribution in [0.2, 0.25) is 0 Å². The van der Waals surface area contributed by atoms with Crippen LogP contribution >= 0.6 is 0 Å². The van der Waals surface area contributed by atoms with Gasteiger partial charge in [0, 0.05) is 38.8 Å². The number of esters is 1. The predicted octanol–water partition coefficient (Wildman–Crippen LogP) is 2.24. The van der Waals surface area contributed by atoms with Crippen molar-refractivity contribution in [2.45, 2.75) is 37.7 Å². The van der Waals surface area contributed by atoms with Gasteiger partial charge in [-0.2, -0.15) is 0 Å². The van der Waals surface area contributed by atoms with Crippen LogP contribution in [0.1, 0.15) is 37.7 Å². The van der Waals surface area contributed by atoms with Gasteiger partial charge >= 0.3 is 5.97 Å². The topological polar surface area (TPSA) is 46.6 Å². The van der Waals surface area contributed by atoms with Crippen molar-refractivity contribution in [2.75, 3.05) is 13.1 Å². The van der Waals surface area contributed by atoms with Crippen LogP contribution in [0.4, 0.5) is 4.39 Å². The molecule has 1 unspecified atom stereocenters. The molecular weight excluding hydrogens is 273 g/mol. The zero-order valence-corrected chi connectivity index (χ0v) is 12.0. The average molecular weight is 291 g/mol. The van der Waals surface area contributed by atoms with E-state index in [1.165, 1.54) is 12.1 Å². The van der Waals surface area contributed by atoms with Gasteiger partial charge in [0.15, 0.2) is 0 Å². The summed E-state index contributed by atoms with van der Waals surface area (Å²) in [5, 5.41) is 0. The molecule has 112 valence electrons. The molecule has 5 heteroatoms. The summed E-state index contributed by atoms with van der Waals surface area (Å²) in [6, 6.07) is 6.27. The highest BCUT2D eigenvalue weighted by Crippen LogP contribution is 2.47. The molecule has 1 amide bonds. The minimum Gasteiger partial charge on any atom is -0.458 e. The number of amides is 1. The summed E-state index contributed by atoms with van der Waals surface area (Å²) < 4.78 is 18.7. The molecule has 2 aliphatic heterocycles. The number of rotatable bonds is 1. The van der Waals surface area contributed by atoms with E-state index in [1.807, 2.05) is 0 Å². The molecule has 2 saturated heterocycles. The third-order valence-electron chi connectivity index (χ3n) is 4.65. The van der Waals surface area contributed by atoms with Gasteiger partial charge in [-0.15, -0.1) is 0 Å². The van der Waals surface area contributed by atoms with Crippen molar-refractivity contribution in [3.8, 4) is 0 Å². The van der Waals surface area contributed by atoms with Gasteiger partial charge in [-0.25, -0.2) is 4.39 Å². The molecule has 0 aromatic heterocycles. The summed E-state index contributed by atoms with van der Waals surface area (Å²) in [6.07, 6.45) is 1.60. The number of hydrogen-bond acceptors (Lipinski definition) is 3. The highest BCUT2D eigenvalue weighted by atomic mass is 19.1. The Balaban J connectivity index is 1.84. The Bertz CT molecular complexity index is 561. The number of carbonyl (C=O) groups excluding carboxylic acids is 2. The van der Waals surface area contributed by atoms with Crippen molar-refractivity contribution in [3.05, 3.63) is 35.6 Å². The van der Waals surface area contributed by atoms with Gasteiger partial charge in [0.05, 0.1) is 6.42 Å². The molecule has 3 rings (SSSR count). The molecular formula is C16H18FNO3. The Morgan fingerprint density at radius 3 is 2.48 bits per heavy atom. The molecule has 1 spiro atoms. The molecule has 2 fully saturated rings. The lowest BCUT2D eigenvalue weighted by Gasteiger charge is -2.41. The molecule has 1 aromatic rings. The molecule has 0 N–H and O–H groups in total. The van der Waals surface area contributed by atoms with E-state index < -0.39 is 5.60 Å². The zero-order valence-electron chi connectivity index (χ0n) is 12.0. The smallest absolute Gasteiger partial charge is 0.307 e. The van der Waals surface area contributed by atoms with Gasteiger partial charge in [0.25, 0.3) is 0 Å². The molecule has 1 aromatic carbocycles. The first-order valence-electron chi connectivity index (χ1n) is 7.23. The van der Waals surface area contributed by atoms with Gasteiger partial charge in [-0.1, -0.05) is 12.1 Å². The molecule has 0 saturated carbocycles. The highest BCUT2D eigenvalue weighted by molar-refractivity contribution is 5.75. The second kappa shape index (κ2) is 5.13. The van der Waals surface area contributed by atoms with Crippen LogP contribution in [-0.4, -0.2) is 35.5 Å². The summed E-state index contributed by atoms with van der Waals surface area (Å²) in [5.41, 5.74) is 0.388. The third-order valence-corrected chi connectivity index (χ3v) is 4.65. The second-order valence-corrected chi connectivity index (χ2v) is 5.85. The number of halogens is 1. The van der Waals surface area contributed by atoms with Gasteiger partial charge in [0.2, 0.25) is 5.91 Å². The van der Waals surface area contributed by atoms with Crippen LogP contribution in [-0.2, 0) is 14.3 Å². The van der Waals surface area contributed by atoms with E-state index in [1.54, 1.807) is 24.0 Å². The number of likely N-dealkylation sites (tertiary alicyclic amines) is 1. The van der Waals surface area contributed by atoms with E-state index in [-0.39, 0.29) is 23.6 Å². The van der Waals surface area contributed by atoms with E-state index in [0.717, 1.165) is 5.56 Å². The van der Waals surface area contributed by atoms with Crippen LogP contribution in [0.3, 0.4) is 0 Å². The molecule has 4 nitrogen and oxygen atoms in total. The predicted molar refractivity (Wildman–Crippen MR) is 74.1 cm³/mol. The van der Waals surface area contributed by atoms with Crippen molar-refractivity contribution in [1.82, 2.24) is 4.90 Å². The minimum atomic E-state index is -0.541. The van der Waals surface area contributed by atoms with E-state index in [4.69, 9.17) is 4.74 Å². The van der Waals surface area contributed by atoms with Gasteiger partial charge < -0.3 is 9.64 Å². The summed E-state index contributed by atoms with van der Waals surface area (Å²) in [6.45, 7) is 2.75. The van der Waals surface area contributed by atoms with E-state index in [9.17, 15) is 14.0 Å². The van der Waals surface area contributed by atoms with Crippen molar-refractivity contribution in [2.24, 2.45) is 0 Å². The zero-order chi connectivity index (χ0) is 15.0. The van der Waals surface area contributed by atoms with Crippen LogP contribution in [0, 0.1) is 5.82 Å². The normalized spacial score (nSPS) is 24.2. The number of piperidine rings is 1. The lowest BCUT2D eigenvalue weighted by atomic mass is 9.76. The molecule has 2 heterocycles. The number of carbonyl (C=O) groups is 2. The second-order valence-electron chi connectivity index (χ2n) is 5.85. The first kappa shape index (κ1) is 14.0. The highest BCUT2D eigenvalue weighted by Gasteiger charge is 2.51. The van der Waals surface area contributed by atoms with Crippen molar-refractivity contribution in [3.63, 3.8) is 0 Å². The SMILES string of the molecule is CC(=O)N1CCC2(CC1)OC(=O)CC2c1ccc(F)cc1. The molecule has 1 atom stereocenters. The average Bonchev–Trinajstić information content (AvgIpc) is 2.76. The maximum Gasteiger partial charge on any atom is 0.307 e. The molecule has 0 bridgehead atoms. The summed E-state index contributed by atoms with van der Waals surface area (Å²) in [5.74, 6) is -0.503. The quantitative estimate of drug-likeness (QED) is 0.745. The maximum atomic E-state index is 13.1. The lowest BCUT2D eigenvalue weighted by Crippen LogP contribution is -2.48. The van der Waals surface area contributed by atoms with Crippen molar-refractivity contribution in [1.29, 1.82) is 0 Å². The minimum absolute atomic E-state index is 0.0486. The fraction of sp³-hybridized carbons (Fsp3) is 0.500. The third kappa shape index (κ3) is 2.52. The summed E-state index contributed by atoms with van der Waals surface area (Å²) in [7, 11) is 0. The van der Waals surface area contributed by atoms with Crippen molar-refractivity contribution >= 4 is 11.9 Å². The Morgan fingerprint density at radius 1 is 1.29 bits per heavy atom. The molecule has 2 aliphatic rings. The van der Waals surface area contributed by atoms with Crippen LogP contribution in [0.15, 0.2) is 24.3 Å². The fourth-order valence-electron chi connectivity index (χ4n) is 3.46. The summed E-state index contributed by atoms with van der Waals surface area (Å²) >= 11 is 0. The first-order valence-corrected chi connectivity index (χ1v) is 7.23. The largest absolute Gasteiger partial charge is 0.458 e. The van der Waals surface area contributed by atoms with Crippen molar-refractivity contribution < 1.29 is 18.7 Å². The van der Waals surface area contributed by atoms with E-state index >= 15 is 0 Å². The molecule has 21 heavy (non-hydrogen) atoms. The number of ether oxygens (including phenoxy) is 1. The fourth-order valence-corrected chi connectivity index (χ4v) is 3.46. The lowest BCUT2D eigenvalue weighted by molar-refractivity contribution is -0.153. The Labute approximate surface area is 122 Å². The standard InChI is InChI=1S/C16H18FNO3/c1-11(19)18-8-6-16(7-9-18)14(10-15(20)21-16)12-2-4-13(17)5-3-12/h2-5,14H,6-10H2,1H3. The Hall–Kier alpha value is -1.91. The van der Waals surface area contributed by atoms with Crippen LogP contribution in [0.25, 0.3) is 0 Å². The molecule has 0 aliphatic carbocycles. The maximum absolute atomic E-state index is 13.1. The Kier molecular flexibility index (Phi) is 3.43. The number of benzene rings is 1. The Morgan fingerprint density at radius 2 is 1.90 bits per heavy atom. The first-order chi connectivity index (χ1) is 10.00.